The number of aliphatic hydroxyl groups is 2. The zero-order chi connectivity index (χ0) is 40.4. The molecule has 3 heterocycles. The van der Waals surface area contributed by atoms with Crippen molar-refractivity contribution in [3.05, 3.63) is 109 Å². The minimum Gasteiger partial charge on any atom is -0.512 e. The van der Waals surface area contributed by atoms with Gasteiger partial charge in [0, 0.05) is 63.5 Å². The highest BCUT2D eigenvalue weighted by Gasteiger charge is 2.16. The second kappa shape index (κ2) is 26.6. The summed E-state index contributed by atoms with van der Waals surface area (Å²) < 4.78 is 27.3. The highest BCUT2D eigenvalue weighted by molar-refractivity contribution is 5.44. The summed E-state index contributed by atoms with van der Waals surface area (Å²) in [6.45, 7) is 15.4. The van der Waals surface area contributed by atoms with Gasteiger partial charge >= 0.3 is 0 Å². The standard InChI is InChI=1S/C22H28N2O5.C12H10O3.C4H9NO.C2H4O2.C2H6/c25-21-3-1-19(13-17(21)15-23-5-9-27-10-6-23)29-20-2-4-22(26)18(14-20)16-24-7-11-28-12-8-24;13-9-1-5-11(6-2-9)15-12-7-3-10(14)4-8-12;1-3-6-4-2-5-1;3-1-2-4;1-2/h1-4,13-14,25-26H,5-12,15-16H2;1-8,13-14H;5H,1-4H2;1-4H;1-2H3/b;;;2-1+;. The first-order chi connectivity index (χ1) is 27.3. The third-order valence-corrected chi connectivity index (χ3v) is 8.16. The Bertz CT molecular complexity index is 1530. The van der Waals surface area contributed by atoms with Gasteiger partial charge in [-0.25, -0.2) is 0 Å². The number of phenolic OH excluding ortho intramolecular Hbond substituents is 4. The Balaban J connectivity index is 0.000000257. The predicted octanol–water partition coefficient (Wildman–Crippen LogP) is 6.65. The van der Waals surface area contributed by atoms with Crippen LogP contribution >= 0.6 is 0 Å². The van der Waals surface area contributed by atoms with Crippen LogP contribution in [0.15, 0.2) is 97.5 Å². The van der Waals surface area contributed by atoms with E-state index in [9.17, 15) is 10.2 Å². The maximum absolute atomic E-state index is 10.2. The van der Waals surface area contributed by atoms with Crippen LogP contribution in [0.5, 0.6) is 46.0 Å². The van der Waals surface area contributed by atoms with E-state index in [0.29, 0.717) is 48.6 Å². The molecule has 0 bridgehead atoms. The first-order valence-corrected chi connectivity index (χ1v) is 18.7. The highest BCUT2D eigenvalue weighted by Crippen LogP contribution is 2.31. The number of hydrogen-bond acceptors (Lipinski definition) is 14. The maximum atomic E-state index is 10.2. The molecule has 0 amide bonds. The van der Waals surface area contributed by atoms with Crippen molar-refractivity contribution in [2.24, 2.45) is 0 Å². The third kappa shape index (κ3) is 17.5. The summed E-state index contributed by atoms with van der Waals surface area (Å²) in [6.07, 6.45) is 1.11. The number of aliphatic hydroxyl groups excluding tert-OH is 2. The number of ether oxygens (including phenoxy) is 5. The van der Waals surface area contributed by atoms with Gasteiger partial charge in [0.05, 0.1) is 39.6 Å². The zero-order valence-electron chi connectivity index (χ0n) is 32.3. The number of morpholine rings is 3. The van der Waals surface area contributed by atoms with Crippen LogP contribution in [-0.2, 0) is 27.3 Å². The molecule has 0 radical (unpaired) electrons. The maximum Gasteiger partial charge on any atom is 0.128 e. The van der Waals surface area contributed by atoms with Gasteiger partial charge in [-0.1, -0.05) is 13.8 Å². The molecule has 306 valence electrons. The van der Waals surface area contributed by atoms with Crippen LogP contribution in [0, 0.1) is 0 Å². The van der Waals surface area contributed by atoms with E-state index >= 15 is 0 Å². The van der Waals surface area contributed by atoms with E-state index in [2.05, 4.69) is 15.1 Å². The second-order valence-electron chi connectivity index (χ2n) is 12.2. The predicted molar refractivity (Wildman–Crippen MR) is 214 cm³/mol. The number of benzene rings is 4. The van der Waals surface area contributed by atoms with Gasteiger partial charge in [-0.15, -0.1) is 0 Å². The molecule has 0 aromatic heterocycles. The molecule has 4 aromatic carbocycles. The van der Waals surface area contributed by atoms with E-state index < -0.39 is 0 Å². The molecule has 0 saturated carbocycles. The summed E-state index contributed by atoms with van der Waals surface area (Å²) in [5.74, 6) is 3.53. The van der Waals surface area contributed by atoms with Crippen molar-refractivity contribution in [3.8, 4) is 46.0 Å². The molecule has 3 fully saturated rings. The van der Waals surface area contributed by atoms with Crippen LogP contribution in [0.3, 0.4) is 0 Å². The van der Waals surface area contributed by atoms with Crippen LogP contribution in [0.25, 0.3) is 0 Å². The molecule has 0 unspecified atom stereocenters. The van der Waals surface area contributed by atoms with Crippen LogP contribution in [-0.4, -0.2) is 119 Å². The van der Waals surface area contributed by atoms with Gasteiger partial charge in [-0.05, 0) is 84.9 Å². The van der Waals surface area contributed by atoms with Crippen molar-refractivity contribution in [1.29, 1.82) is 0 Å². The summed E-state index contributed by atoms with van der Waals surface area (Å²) >= 11 is 0. The monoisotopic (exact) mass is 779 g/mol. The van der Waals surface area contributed by atoms with E-state index in [4.69, 9.17) is 44.1 Å². The number of nitrogens with one attached hydrogen (secondary N) is 1. The highest BCUT2D eigenvalue weighted by atomic mass is 16.5. The molecule has 3 saturated heterocycles. The molecule has 3 aliphatic rings. The quantitative estimate of drug-likeness (QED) is 0.0943. The molecule has 0 spiro atoms. The Morgan fingerprint density at radius 3 is 1.18 bits per heavy atom. The van der Waals surface area contributed by atoms with Crippen LogP contribution in [0.4, 0.5) is 0 Å². The molecule has 7 rings (SSSR count). The molecule has 3 aliphatic heterocycles. The first kappa shape index (κ1) is 45.2. The van der Waals surface area contributed by atoms with E-state index in [-0.39, 0.29) is 23.0 Å². The second-order valence-corrected chi connectivity index (χ2v) is 12.2. The molecule has 0 atom stereocenters. The lowest BCUT2D eigenvalue weighted by atomic mass is 10.1. The van der Waals surface area contributed by atoms with Gasteiger partial charge in [0.1, 0.15) is 58.5 Å². The molecule has 56 heavy (non-hydrogen) atoms. The van der Waals surface area contributed by atoms with E-state index in [1.807, 2.05) is 26.0 Å². The molecule has 0 aliphatic carbocycles. The summed E-state index contributed by atoms with van der Waals surface area (Å²) in [5, 5.41) is 56.7. The minimum atomic E-state index is 0.202. The van der Waals surface area contributed by atoms with Crippen LogP contribution < -0.4 is 14.8 Å². The Morgan fingerprint density at radius 2 is 0.857 bits per heavy atom. The fourth-order valence-corrected chi connectivity index (χ4v) is 5.32. The van der Waals surface area contributed by atoms with Gasteiger partial charge in [0.25, 0.3) is 0 Å². The first-order valence-electron chi connectivity index (χ1n) is 18.7. The molecule has 14 nitrogen and oxygen atoms in total. The smallest absolute Gasteiger partial charge is 0.128 e. The third-order valence-electron chi connectivity index (χ3n) is 8.16. The topological polar surface area (TPSA) is 186 Å². The van der Waals surface area contributed by atoms with E-state index in [1.165, 1.54) is 0 Å². The summed E-state index contributed by atoms with van der Waals surface area (Å²) in [4.78, 5) is 4.51. The molecule has 7 N–H and O–H groups in total. The number of hydrogen-bond donors (Lipinski definition) is 7. The van der Waals surface area contributed by atoms with Crippen molar-refractivity contribution in [3.63, 3.8) is 0 Å². The van der Waals surface area contributed by atoms with Crippen LogP contribution in [0.2, 0.25) is 0 Å². The zero-order valence-corrected chi connectivity index (χ0v) is 32.3. The van der Waals surface area contributed by atoms with Gasteiger partial charge in [-0.2, -0.15) is 0 Å². The molecule has 14 heteroatoms. The number of phenols is 4. The van der Waals surface area contributed by atoms with Gasteiger partial charge in [0.15, 0.2) is 0 Å². The summed E-state index contributed by atoms with van der Waals surface area (Å²) in [5.41, 5.74) is 1.66. The molecule has 4 aromatic rings. The Kier molecular flexibility index (Phi) is 21.4. The average Bonchev–Trinajstić information content (AvgIpc) is 3.25. The fraction of sp³-hybridized carbons (Fsp3) is 0.381. The summed E-state index contributed by atoms with van der Waals surface area (Å²) in [6, 6.07) is 23.5. The van der Waals surface area contributed by atoms with Crippen molar-refractivity contribution >= 4 is 0 Å². The van der Waals surface area contributed by atoms with Gasteiger partial charge < -0.3 is 59.6 Å². The lowest BCUT2D eigenvalue weighted by Gasteiger charge is -2.27. The number of aromatic hydroxyl groups is 4. The lowest BCUT2D eigenvalue weighted by Crippen LogP contribution is -2.35. The van der Waals surface area contributed by atoms with Crippen molar-refractivity contribution in [2.45, 2.75) is 26.9 Å². The van der Waals surface area contributed by atoms with Crippen molar-refractivity contribution < 1.29 is 54.3 Å². The number of rotatable bonds is 8. The lowest BCUT2D eigenvalue weighted by molar-refractivity contribution is 0.0338. The molecular formula is C42H57N3O11. The van der Waals surface area contributed by atoms with Gasteiger partial charge in [-0.3, -0.25) is 9.80 Å². The summed E-state index contributed by atoms with van der Waals surface area (Å²) in [7, 11) is 0. The molecular weight excluding hydrogens is 722 g/mol. The largest absolute Gasteiger partial charge is 0.512 e. The van der Waals surface area contributed by atoms with Crippen molar-refractivity contribution in [2.75, 3.05) is 78.9 Å². The fourth-order valence-electron chi connectivity index (χ4n) is 5.32. The normalized spacial score (nSPS) is 15.6. The van der Waals surface area contributed by atoms with E-state index in [0.717, 1.165) is 90.0 Å². The Labute approximate surface area is 329 Å². The van der Waals surface area contributed by atoms with Crippen LogP contribution in [0.1, 0.15) is 25.0 Å². The van der Waals surface area contributed by atoms with E-state index in [1.54, 1.807) is 72.8 Å². The minimum absolute atomic E-state index is 0.202. The van der Waals surface area contributed by atoms with Gasteiger partial charge in [0.2, 0.25) is 0 Å². The Hall–Kier alpha value is -5.22. The Morgan fingerprint density at radius 1 is 0.518 bits per heavy atom. The average molecular weight is 780 g/mol. The SMILES string of the molecule is C1COCCN1.CC.O/C=C/O.Oc1ccc(Oc2ccc(O)c(CN3CCOCC3)c2)cc1CN1CCOCC1.Oc1ccc(Oc2ccc(O)cc2)cc1. The number of nitrogens with zero attached hydrogens (tertiary/aromatic N) is 2. The van der Waals surface area contributed by atoms with Crippen molar-refractivity contribution in [1.82, 2.24) is 15.1 Å².